The van der Waals surface area contributed by atoms with Crippen molar-refractivity contribution in [3.05, 3.63) is 81.3 Å². The van der Waals surface area contributed by atoms with Crippen molar-refractivity contribution in [2.24, 2.45) is 7.05 Å². The van der Waals surface area contributed by atoms with Crippen LogP contribution in [0.1, 0.15) is 5.56 Å². The highest BCUT2D eigenvalue weighted by Crippen LogP contribution is 2.36. The van der Waals surface area contributed by atoms with Gasteiger partial charge in [-0.05, 0) is 43.3 Å². The lowest BCUT2D eigenvalue weighted by Gasteiger charge is -2.13. The zero-order valence-electron chi connectivity index (χ0n) is 16.6. The van der Waals surface area contributed by atoms with Gasteiger partial charge < -0.3 is 9.30 Å². The first-order chi connectivity index (χ1) is 14.2. The van der Waals surface area contributed by atoms with Crippen LogP contribution in [0.25, 0.3) is 22.0 Å². The van der Waals surface area contributed by atoms with Crippen molar-refractivity contribution in [1.29, 1.82) is 0 Å². The molecular formula is C22H19BrN2O4S. The monoisotopic (exact) mass is 486 g/mol. The zero-order valence-corrected chi connectivity index (χ0v) is 19.0. The van der Waals surface area contributed by atoms with Gasteiger partial charge in [0.15, 0.2) is 0 Å². The SMILES string of the molecule is COc1cc(Br)ccc1-c1cn(C)c(=O)c2c1ccn2S(=O)(=O)c1ccc(C)cc1. The molecule has 0 N–H and O–H groups in total. The Morgan fingerprint density at radius 1 is 1.00 bits per heavy atom. The number of rotatable bonds is 4. The molecule has 4 rings (SSSR count). The third-order valence-electron chi connectivity index (χ3n) is 5.02. The third kappa shape index (κ3) is 3.26. The van der Waals surface area contributed by atoms with Crippen molar-refractivity contribution in [1.82, 2.24) is 8.54 Å². The molecule has 8 heteroatoms. The van der Waals surface area contributed by atoms with Crippen LogP contribution in [0.4, 0.5) is 0 Å². The summed E-state index contributed by atoms with van der Waals surface area (Å²) in [4.78, 5) is 13.1. The van der Waals surface area contributed by atoms with Crippen molar-refractivity contribution in [3.63, 3.8) is 0 Å². The summed E-state index contributed by atoms with van der Waals surface area (Å²) >= 11 is 3.43. The number of ether oxygens (including phenoxy) is 1. The maximum absolute atomic E-state index is 13.3. The van der Waals surface area contributed by atoms with Crippen molar-refractivity contribution in [2.75, 3.05) is 7.11 Å². The molecule has 6 nitrogen and oxygen atoms in total. The Morgan fingerprint density at radius 3 is 2.37 bits per heavy atom. The van der Waals surface area contributed by atoms with Gasteiger partial charge in [-0.2, -0.15) is 0 Å². The summed E-state index contributed by atoms with van der Waals surface area (Å²) in [7, 11) is -0.764. The summed E-state index contributed by atoms with van der Waals surface area (Å²) in [6.07, 6.45) is 3.12. The predicted octanol–water partition coefficient (Wildman–Crippen LogP) is 4.32. The molecule has 0 radical (unpaired) electrons. The maximum Gasteiger partial charge on any atom is 0.275 e. The van der Waals surface area contributed by atoms with E-state index in [0.29, 0.717) is 16.7 Å². The molecule has 0 amide bonds. The highest BCUT2D eigenvalue weighted by atomic mass is 79.9. The molecule has 2 heterocycles. The lowest BCUT2D eigenvalue weighted by atomic mass is 10.0. The van der Waals surface area contributed by atoms with Gasteiger partial charge in [0, 0.05) is 40.4 Å². The zero-order chi connectivity index (χ0) is 21.6. The van der Waals surface area contributed by atoms with Gasteiger partial charge >= 0.3 is 0 Å². The summed E-state index contributed by atoms with van der Waals surface area (Å²) in [5.74, 6) is 0.610. The minimum absolute atomic E-state index is 0.0977. The van der Waals surface area contributed by atoms with Gasteiger partial charge in [0.05, 0.1) is 12.0 Å². The number of methoxy groups -OCH3 is 1. The number of benzene rings is 2. The molecule has 0 aliphatic rings. The summed E-state index contributed by atoms with van der Waals surface area (Å²) in [6.45, 7) is 1.88. The first-order valence-electron chi connectivity index (χ1n) is 9.11. The van der Waals surface area contributed by atoms with Gasteiger partial charge in [-0.15, -0.1) is 0 Å². The number of pyridine rings is 1. The fourth-order valence-electron chi connectivity index (χ4n) is 3.46. The third-order valence-corrected chi connectivity index (χ3v) is 7.20. The molecule has 2 aromatic heterocycles. The Bertz CT molecular complexity index is 1430. The van der Waals surface area contributed by atoms with Crippen LogP contribution >= 0.6 is 15.9 Å². The number of fused-ring (bicyclic) bond motifs is 1. The number of aromatic nitrogens is 2. The molecule has 0 bridgehead atoms. The van der Waals surface area contributed by atoms with Crippen molar-refractivity contribution in [2.45, 2.75) is 11.8 Å². The number of halogens is 1. The first-order valence-corrected chi connectivity index (χ1v) is 11.3. The van der Waals surface area contributed by atoms with Gasteiger partial charge in [0.2, 0.25) is 0 Å². The largest absolute Gasteiger partial charge is 0.496 e. The number of hydrogen-bond donors (Lipinski definition) is 0. The molecule has 0 unspecified atom stereocenters. The van der Waals surface area contributed by atoms with E-state index in [4.69, 9.17) is 4.74 Å². The molecule has 0 atom stereocenters. The maximum atomic E-state index is 13.3. The second kappa shape index (κ2) is 7.45. The molecule has 0 spiro atoms. The minimum Gasteiger partial charge on any atom is -0.496 e. The van der Waals surface area contributed by atoms with E-state index >= 15 is 0 Å². The van der Waals surface area contributed by atoms with Gasteiger partial charge in [0.1, 0.15) is 11.3 Å². The van der Waals surface area contributed by atoms with E-state index < -0.39 is 15.6 Å². The van der Waals surface area contributed by atoms with Crippen molar-refractivity contribution in [3.8, 4) is 16.9 Å². The van der Waals surface area contributed by atoms with Crippen LogP contribution in [0.15, 0.2) is 75.1 Å². The smallest absolute Gasteiger partial charge is 0.275 e. The predicted molar refractivity (Wildman–Crippen MR) is 121 cm³/mol. The summed E-state index contributed by atoms with van der Waals surface area (Å²) < 4.78 is 35.4. The second-order valence-corrected chi connectivity index (χ2v) is 9.73. The van der Waals surface area contributed by atoms with E-state index in [-0.39, 0.29) is 10.4 Å². The minimum atomic E-state index is -3.94. The molecule has 0 saturated heterocycles. The van der Waals surface area contributed by atoms with E-state index in [1.807, 2.05) is 25.1 Å². The topological polar surface area (TPSA) is 70.3 Å². The lowest BCUT2D eigenvalue weighted by molar-refractivity contribution is 0.416. The Kier molecular flexibility index (Phi) is 5.07. The van der Waals surface area contributed by atoms with E-state index in [0.717, 1.165) is 19.6 Å². The van der Waals surface area contributed by atoms with Crippen LogP contribution in [-0.2, 0) is 17.1 Å². The van der Waals surface area contributed by atoms with Crippen molar-refractivity contribution >= 4 is 36.9 Å². The van der Waals surface area contributed by atoms with Gasteiger partial charge in [-0.25, -0.2) is 12.4 Å². The van der Waals surface area contributed by atoms with Crippen LogP contribution in [0.2, 0.25) is 0 Å². The molecule has 0 fully saturated rings. The summed E-state index contributed by atoms with van der Waals surface area (Å²) in [5, 5.41) is 0.536. The molecule has 0 aliphatic heterocycles. The Balaban J connectivity index is 2.03. The standard InChI is InChI=1S/C22H19BrN2O4S/c1-14-4-7-16(8-5-14)30(27,28)25-11-10-18-19(13-24(2)22(26)21(18)25)17-9-6-15(23)12-20(17)29-3/h4-13H,1-3H3. The van der Waals surface area contributed by atoms with E-state index in [2.05, 4.69) is 15.9 Å². The van der Waals surface area contributed by atoms with Crippen LogP contribution < -0.4 is 10.3 Å². The molecule has 30 heavy (non-hydrogen) atoms. The average molecular weight is 487 g/mol. The van der Waals surface area contributed by atoms with E-state index in [1.165, 1.54) is 10.8 Å². The number of hydrogen-bond acceptors (Lipinski definition) is 4. The Morgan fingerprint density at radius 2 is 1.70 bits per heavy atom. The summed E-state index contributed by atoms with van der Waals surface area (Å²) in [5.41, 5.74) is 2.11. The number of aryl methyl sites for hydroxylation is 2. The quantitative estimate of drug-likeness (QED) is 0.430. The molecule has 4 aromatic rings. The second-order valence-electron chi connectivity index (χ2n) is 7.00. The molecule has 154 valence electrons. The highest BCUT2D eigenvalue weighted by molar-refractivity contribution is 9.10. The fraction of sp³-hybridized carbons (Fsp3) is 0.136. The van der Waals surface area contributed by atoms with Crippen LogP contribution in [-0.4, -0.2) is 24.1 Å². The highest BCUT2D eigenvalue weighted by Gasteiger charge is 2.23. The lowest BCUT2D eigenvalue weighted by Crippen LogP contribution is -2.22. The van der Waals surface area contributed by atoms with Crippen LogP contribution in [0.3, 0.4) is 0 Å². The van der Waals surface area contributed by atoms with E-state index in [9.17, 15) is 13.2 Å². The summed E-state index contributed by atoms with van der Waals surface area (Å²) in [6, 6.07) is 13.8. The van der Waals surface area contributed by atoms with Crippen LogP contribution in [0, 0.1) is 6.92 Å². The van der Waals surface area contributed by atoms with Gasteiger partial charge in [-0.3, -0.25) is 4.79 Å². The molecule has 0 saturated carbocycles. The Hall–Kier alpha value is -2.84. The average Bonchev–Trinajstić information content (AvgIpc) is 3.17. The number of nitrogens with zero attached hydrogens (tertiary/aromatic N) is 2. The van der Waals surface area contributed by atoms with Crippen LogP contribution in [0.5, 0.6) is 5.75 Å². The fourth-order valence-corrected chi connectivity index (χ4v) is 5.14. The molecule has 0 aliphatic carbocycles. The molecular weight excluding hydrogens is 468 g/mol. The van der Waals surface area contributed by atoms with Gasteiger partial charge in [-0.1, -0.05) is 33.6 Å². The first kappa shape index (κ1) is 20.4. The molecule has 2 aromatic carbocycles. The van der Waals surface area contributed by atoms with Crippen molar-refractivity contribution < 1.29 is 13.2 Å². The van der Waals surface area contributed by atoms with E-state index in [1.54, 1.807) is 50.7 Å². The Labute approximate surface area is 182 Å². The normalized spacial score (nSPS) is 11.7. The van der Waals surface area contributed by atoms with Gasteiger partial charge in [0.25, 0.3) is 15.6 Å².